The van der Waals surface area contributed by atoms with E-state index in [-0.39, 0.29) is 6.04 Å². The summed E-state index contributed by atoms with van der Waals surface area (Å²) in [7, 11) is 0. The van der Waals surface area contributed by atoms with Crippen molar-refractivity contribution >= 4 is 5.91 Å². The molecule has 2 heterocycles. The lowest BCUT2D eigenvalue weighted by Crippen LogP contribution is -2.45. The molecule has 0 aromatic carbocycles. The SMILES string of the molecule is CCCCC1NCN(CC(C)N2CCCCC2)C1=O. The second-order valence-electron chi connectivity index (χ2n) is 6.06. The van der Waals surface area contributed by atoms with Crippen LogP contribution in [0.1, 0.15) is 52.4 Å². The van der Waals surface area contributed by atoms with Crippen LogP contribution in [0.15, 0.2) is 0 Å². The highest BCUT2D eigenvalue weighted by atomic mass is 16.2. The number of amides is 1. The summed E-state index contributed by atoms with van der Waals surface area (Å²) in [6, 6.07) is 0.574. The molecular weight excluding hydrogens is 238 g/mol. The Kier molecular flexibility index (Phi) is 5.64. The third kappa shape index (κ3) is 3.93. The van der Waals surface area contributed by atoms with Gasteiger partial charge in [-0.3, -0.25) is 15.0 Å². The molecule has 19 heavy (non-hydrogen) atoms. The average Bonchev–Trinajstić information content (AvgIpc) is 2.78. The summed E-state index contributed by atoms with van der Waals surface area (Å²) in [5, 5.41) is 3.36. The Labute approximate surface area is 117 Å². The fourth-order valence-electron chi connectivity index (χ4n) is 3.19. The quantitative estimate of drug-likeness (QED) is 0.797. The van der Waals surface area contributed by atoms with Crippen molar-refractivity contribution in [2.75, 3.05) is 26.3 Å². The van der Waals surface area contributed by atoms with Gasteiger partial charge in [0.05, 0.1) is 12.7 Å². The standard InChI is InChI=1S/C15H29N3O/c1-3-4-8-14-15(19)18(12-16-14)11-13(2)17-9-6-5-7-10-17/h13-14,16H,3-12H2,1-2H3. The van der Waals surface area contributed by atoms with Gasteiger partial charge in [0.15, 0.2) is 0 Å². The molecule has 1 N–H and O–H groups in total. The molecular formula is C15H29N3O. The van der Waals surface area contributed by atoms with Gasteiger partial charge in [-0.25, -0.2) is 0 Å². The van der Waals surface area contributed by atoms with Crippen molar-refractivity contribution in [1.29, 1.82) is 0 Å². The molecule has 2 atom stereocenters. The van der Waals surface area contributed by atoms with Crippen LogP contribution in [0.3, 0.4) is 0 Å². The topological polar surface area (TPSA) is 35.6 Å². The highest BCUT2D eigenvalue weighted by molar-refractivity contribution is 5.83. The van der Waals surface area contributed by atoms with Crippen LogP contribution in [0.5, 0.6) is 0 Å². The fraction of sp³-hybridized carbons (Fsp3) is 0.933. The number of rotatable bonds is 6. The van der Waals surface area contributed by atoms with E-state index in [9.17, 15) is 4.79 Å². The van der Waals surface area contributed by atoms with Gasteiger partial charge >= 0.3 is 0 Å². The molecule has 4 heteroatoms. The minimum Gasteiger partial charge on any atom is -0.327 e. The average molecular weight is 267 g/mol. The first-order valence-electron chi connectivity index (χ1n) is 7.98. The van der Waals surface area contributed by atoms with E-state index in [0.717, 1.165) is 32.5 Å². The molecule has 0 aliphatic carbocycles. The summed E-state index contributed by atoms with van der Waals surface area (Å²) in [5.74, 6) is 0.317. The molecule has 2 saturated heterocycles. The van der Waals surface area contributed by atoms with Crippen LogP contribution in [0, 0.1) is 0 Å². The highest BCUT2D eigenvalue weighted by Gasteiger charge is 2.32. The Morgan fingerprint density at radius 3 is 2.74 bits per heavy atom. The van der Waals surface area contributed by atoms with Crippen molar-refractivity contribution in [3.8, 4) is 0 Å². The molecule has 0 spiro atoms. The first kappa shape index (κ1) is 14.8. The number of carbonyl (C=O) groups excluding carboxylic acids is 1. The van der Waals surface area contributed by atoms with Crippen molar-refractivity contribution in [1.82, 2.24) is 15.1 Å². The first-order chi connectivity index (χ1) is 9.22. The van der Waals surface area contributed by atoms with Gasteiger partial charge in [0.25, 0.3) is 0 Å². The van der Waals surface area contributed by atoms with Gasteiger partial charge in [-0.1, -0.05) is 26.2 Å². The minimum absolute atomic E-state index is 0.0773. The second-order valence-corrected chi connectivity index (χ2v) is 6.06. The van der Waals surface area contributed by atoms with Crippen molar-refractivity contribution in [2.24, 2.45) is 0 Å². The normalized spacial score (nSPS) is 26.9. The van der Waals surface area contributed by atoms with Gasteiger partial charge in [-0.15, -0.1) is 0 Å². The summed E-state index contributed by atoms with van der Waals surface area (Å²) in [6.07, 6.45) is 7.29. The maximum atomic E-state index is 12.3. The Hall–Kier alpha value is -0.610. The molecule has 110 valence electrons. The molecule has 2 rings (SSSR count). The number of unbranched alkanes of at least 4 members (excludes halogenated alkanes) is 1. The fourth-order valence-corrected chi connectivity index (χ4v) is 3.19. The molecule has 0 saturated carbocycles. The van der Waals surface area contributed by atoms with E-state index in [1.54, 1.807) is 0 Å². The Balaban J connectivity index is 1.77. The van der Waals surface area contributed by atoms with Gasteiger partial charge in [0.1, 0.15) is 0 Å². The van der Waals surface area contributed by atoms with Crippen LogP contribution in [0.4, 0.5) is 0 Å². The Morgan fingerprint density at radius 2 is 2.05 bits per heavy atom. The summed E-state index contributed by atoms with van der Waals surface area (Å²) < 4.78 is 0. The van der Waals surface area contributed by atoms with Gasteiger partial charge < -0.3 is 4.90 Å². The molecule has 2 unspecified atom stereocenters. The number of likely N-dealkylation sites (tertiary alicyclic amines) is 1. The lowest BCUT2D eigenvalue weighted by Gasteiger charge is -2.34. The van der Waals surface area contributed by atoms with E-state index >= 15 is 0 Å². The highest BCUT2D eigenvalue weighted by Crippen LogP contribution is 2.15. The summed E-state index contributed by atoms with van der Waals surface area (Å²) in [6.45, 7) is 8.47. The third-order valence-corrected chi connectivity index (χ3v) is 4.48. The molecule has 2 fully saturated rings. The Morgan fingerprint density at radius 1 is 1.32 bits per heavy atom. The largest absolute Gasteiger partial charge is 0.327 e. The predicted octanol–water partition coefficient (Wildman–Crippen LogP) is 1.81. The lowest BCUT2D eigenvalue weighted by molar-refractivity contribution is -0.129. The number of nitrogens with one attached hydrogen (secondary N) is 1. The van der Waals surface area contributed by atoms with Crippen LogP contribution in [0.25, 0.3) is 0 Å². The molecule has 0 aromatic rings. The van der Waals surface area contributed by atoms with Crippen LogP contribution in [-0.4, -0.2) is 54.1 Å². The second kappa shape index (κ2) is 7.25. The molecule has 4 nitrogen and oxygen atoms in total. The monoisotopic (exact) mass is 267 g/mol. The number of carbonyl (C=O) groups is 1. The summed E-state index contributed by atoms with van der Waals surface area (Å²) in [5.41, 5.74) is 0. The van der Waals surface area contributed by atoms with E-state index in [2.05, 4.69) is 24.1 Å². The first-order valence-corrected chi connectivity index (χ1v) is 7.98. The van der Waals surface area contributed by atoms with E-state index in [1.165, 1.54) is 32.4 Å². The zero-order valence-corrected chi connectivity index (χ0v) is 12.5. The summed E-state index contributed by atoms with van der Waals surface area (Å²) >= 11 is 0. The van der Waals surface area contributed by atoms with Crippen LogP contribution in [0.2, 0.25) is 0 Å². The zero-order chi connectivity index (χ0) is 13.7. The van der Waals surface area contributed by atoms with Gasteiger partial charge in [-0.05, 0) is 39.3 Å². The molecule has 2 aliphatic heterocycles. The van der Waals surface area contributed by atoms with Gasteiger partial charge in [0, 0.05) is 12.6 Å². The van der Waals surface area contributed by atoms with Crippen LogP contribution in [-0.2, 0) is 4.79 Å². The maximum Gasteiger partial charge on any atom is 0.240 e. The summed E-state index contributed by atoms with van der Waals surface area (Å²) in [4.78, 5) is 16.8. The smallest absolute Gasteiger partial charge is 0.240 e. The van der Waals surface area contributed by atoms with Crippen LogP contribution < -0.4 is 5.32 Å². The van der Waals surface area contributed by atoms with E-state index in [4.69, 9.17) is 0 Å². The van der Waals surface area contributed by atoms with Gasteiger partial charge in [-0.2, -0.15) is 0 Å². The zero-order valence-electron chi connectivity index (χ0n) is 12.5. The number of hydrogen-bond acceptors (Lipinski definition) is 3. The molecule has 1 amide bonds. The Bertz CT molecular complexity index is 289. The van der Waals surface area contributed by atoms with Gasteiger partial charge in [0.2, 0.25) is 5.91 Å². The molecule has 2 aliphatic rings. The van der Waals surface area contributed by atoms with E-state index in [1.807, 2.05) is 4.90 Å². The van der Waals surface area contributed by atoms with Crippen molar-refractivity contribution < 1.29 is 4.79 Å². The van der Waals surface area contributed by atoms with E-state index in [0.29, 0.717) is 11.9 Å². The third-order valence-electron chi connectivity index (χ3n) is 4.48. The molecule has 0 radical (unpaired) electrons. The van der Waals surface area contributed by atoms with Crippen LogP contribution >= 0.6 is 0 Å². The maximum absolute atomic E-state index is 12.3. The minimum atomic E-state index is 0.0773. The molecule has 0 aromatic heterocycles. The predicted molar refractivity (Wildman–Crippen MR) is 77.9 cm³/mol. The number of piperidine rings is 1. The lowest BCUT2D eigenvalue weighted by atomic mass is 10.1. The number of nitrogens with zero attached hydrogens (tertiary/aromatic N) is 2. The van der Waals surface area contributed by atoms with Crippen molar-refractivity contribution in [3.05, 3.63) is 0 Å². The number of hydrogen-bond donors (Lipinski definition) is 1. The molecule has 0 bridgehead atoms. The van der Waals surface area contributed by atoms with Crippen molar-refractivity contribution in [3.63, 3.8) is 0 Å². The van der Waals surface area contributed by atoms with Crippen molar-refractivity contribution in [2.45, 2.75) is 64.5 Å². The van der Waals surface area contributed by atoms with E-state index < -0.39 is 0 Å².